The van der Waals surface area contributed by atoms with Gasteiger partial charge in [0.1, 0.15) is 28.7 Å². The van der Waals surface area contributed by atoms with E-state index >= 15 is 0 Å². The number of carbonyl (C=O) groups excluding carboxylic acids is 6. The first-order valence-electron chi connectivity index (χ1n) is 25.2. The highest BCUT2D eigenvalue weighted by Gasteiger charge is 2.44. The van der Waals surface area contributed by atoms with Gasteiger partial charge in [-0.2, -0.15) is 0 Å². The standard InChI is InChI=1S/C53H87N7O9S/c1-18-35(8)45(59(15)51(65)43(33(4)5)56-48(63)44(34(6)7)58(14)50(64)40(29-32(2)3)57(13)52(66)69-53(10,11)12)41(67-16)31-42(61)60-27-22-25-39(60)46(68-17)36(9)47(62)55-38(49-54-26-28-70-49)30-37-23-20-19-21-24-37/h19-21,23-24,26,28,32-36,38-41,43-46H,18,22,25,27,29-31H2,1-17H3,(H,55,62)(H,56,63)/t35-,36+,38-,39-,40-,41+,43-,44-,45-,46+/m0/s1. The van der Waals surface area contributed by atoms with Crippen molar-refractivity contribution in [3.8, 4) is 0 Å². The highest BCUT2D eigenvalue weighted by molar-refractivity contribution is 7.09. The number of methoxy groups -OCH3 is 2. The van der Waals surface area contributed by atoms with Crippen molar-refractivity contribution >= 4 is 47.0 Å². The van der Waals surface area contributed by atoms with Crippen molar-refractivity contribution in [2.45, 2.75) is 176 Å². The number of nitrogens with zero attached hydrogens (tertiary/aromatic N) is 5. The SMILES string of the molecule is CC[C@H](C)[C@@H]([C@@H](CC(=O)N1CCC[C@H]1[C@H](OC)[C@@H](C)C(=O)N[C@@H](Cc1ccccc1)c1nccs1)OC)N(C)C(=O)[C@@H](NC(=O)[C@H](C(C)C)N(C)C(=O)[C@H](CC(C)C)N(C)C(=O)OC(C)(C)C)C(C)C. The molecule has 2 N–H and O–H groups in total. The Labute approximate surface area is 423 Å². The van der Waals surface area contributed by atoms with Crippen LogP contribution in [0.4, 0.5) is 4.79 Å². The molecule has 0 aliphatic carbocycles. The number of thiazole rings is 1. The maximum atomic E-state index is 14.8. The van der Waals surface area contributed by atoms with Gasteiger partial charge >= 0.3 is 6.09 Å². The number of nitrogens with one attached hydrogen (secondary N) is 2. The van der Waals surface area contributed by atoms with Gasteiger partial charge in [-0.1, -0.05) is 99.1 Å². The van der Waals surface area contributed by atoms with Crippen molar-refractivity contribution in [2.24, 2.45) is 29.6 Å². The van der Waals surface area contributed by atoms with Crippen LogP contribution >= 0.6 is 11.3 Å². The summed E-state index contributed by atoms with van der Waals surface area (Å²) >= 11 is 1.49. The van der Waals surface area contributed by atoms with Crippen LogP contribution in [-0.2, 0) is 44.6 Å². The molecule has 3 rings (SSSR count). The molecule has 1 saturated heterocycles. The predicted octanol–water partition coefficient (Wildman–Crippen LogP) is 7.37. The first-order chi connectivity index (χ1) is 32.8. The van der Waals surface area contributed by atoms with Crippen molar-refractivity contribution in [2.75, 3.05) is 41.9 Å². The fourth-order valence-electron chi connectivity index (χ4n) is 9.67. The predicted molar refractivity (Wildman–Crippen MR) is 275 cm³/mol. The molecule has 0 spiro atoms. The monoisotopic (exact) mass is 998 g/mol. The van der Waals surface area contributed by atoms with E-state index in [2.05, 4.69) is 15.6 Å². The van der Waals surface area contributed by atoms with E-state index < -0.39 is 65.8 Å². The Bertz CT molecular complexity index is 1980. The highest BCUT2D eigenvalue weighted by atomic mass is 32.1. The molecule has 0 bridgehead atoms. The Morgan fingerprint density at radius 2 is 1.49 bits per heavy atom. The molecular formula is C53H87N7O9S. The van der Waals surface area contributed by atoms with Gasteiger partial charge in [0.15, 0.2) is 0 Å². The third-order valence-corrected chi connectivity index (χ3v) is 14.5. The summed E-state index contributed by atoms with van der Waals surface area (Å²) in [6.07, 6.45) is 2.72. The van der Waals surface area contributed by atoms with Crippen LogP contribution in [0.3, 0.4) is 0 Å². The van der Waals surface area contributed by atoms with E-state index in [1.165, 1.54) is 28.2 Å². The molecule has 1 aromatic heterocycles. The van der Waals surface area contributed by atoms with E-state index in [-0.39, 0.29) is 59.9 Å². The van der Waals surface area contributed by atoms with Gasteiger partial charge in [0, 0.05) is 53.5 Å². The summed E-state index contributed by atoms with van der Waals surface area (Å²) < 4.78 is 17.8. The molecule has 1 aliphatic heterocycles. The van der Waals surface area contributed by atoms with E-state index in [1.54, 1.807) is 65.1 Å². The van der Waals surface area contributed by atoms with E-state index in [1.807, 2.05) is 98.0 Å². The van der Waals surface area contributed by atoms with Crippen LogP contribution in [-0.4, -0.2) is 150 Å². The van der Waals surface area contributed by atoms with Crippen LogP contribution in [0, 0.1) is 29.6 Å². The fourth-order valence-corrected chi connectivity index (χ4v) is 10.4. The summed E-state index contributed by atoms with van der Waals surface area (Å²) in [5, 5.41) is 8.94. The minimum absolute atomic E-state index is 0.0316. The van der Waals surface area contributed by atoms with Crippen LogP contribution in [0.1, 0.15) is 132 Å². The normalized spacial score (nSPS) is 18.0. The van der Waals surface area contributed by atoms with Gasteiger partial charge in [-0.3, -0.25) is 28.9 Å². The first kappa shape index (κ1) is 59.7. The molecular weight excluding hydrogens is 911 g/mol. The lowest BCUT2D eigenvalue weighted by Crippen LogP contribution is -2.61. The maximum absolute atomic E-state index is 14.8. The number of ether oxygens (including phenoxy) is 3. The molecule has 70 heavy (non-hydrogen) atoms. The topological polar surface area (TPSA) is 180 Å². The van der Waals surface area contributed by atoms with Crippen LogP contribution < -0.4 is 10.6 Å². The summed E-state index contributed by atoms with van der Waals surface area (Å²) in [5.41, 5.74) is 0.295. The van der Waals surface area contributed by atoms with Crippen molar-refractivity contribution in [3.63, 3.8) is 0 Å². The first-order valence-corrected chi connectivity index (χ1v) is 26.1. The Kier molecular flexibility index (Phi) is 23.3. The van der Waals surface area contributed by atoms with Crippen LogP contribution in [0.15, 0.2) is 41.9 Å². The number of rotatable bonds is 25. The van der Waals surface area contributed by atoms with E-state index in [4.69, 9.17) is 14.2 Å². The van der Waals surface area contributed by atoms with E-state index in [0.29, 0.717) is 32.2 Å². The lowest BCUT2D eigenvalue weighted by atomic mass is 9.89. The summed E-state index contributed by atoms with van der Waals surface area (Å²) in [5.74, 6) is -3.03. The number of carbonyl (C=O) groups is 6. The number of hydrogen-bond donors (Lipinski definition) is 2. The van der Waals surface area contributed by atoms with E-state index in [9.17, 15) is 28.8 Å². The summed E-state index contributed by atoms with van der Waals surface area (Å²) in [7, 11) is 7.90. The number of aromatic nitrogens is 1. The van der Waals surface area contributed by atoms with Gasteiger partial charge in [0.05, 0.1) is 42.7 Å². The molecule has 394 valence electrons. The quantitative estimate of drug-likeness (QED) is 0.102. The average molecular weight is 998 g/mol. The molecule has 0 unspecified atom stereocenters. The Balaban J connectivity index is 1.83. The molecule has 0 radical (unpaired) electrons. The summed E-state index contributed by atoms with van der Waals surface area (Å²) in [6.45, 7) is 22.9. The number of amides is 6. The second kappa shape index (κ2) is 27.3. The number of benzene rings is 1. The van der Waals surface area contributed by atoms with Crippen LogP contribution in [0.25, 0.3) is 0 Å². The van der Waals surface area contributed by atoms with Gasteiger partial charge in [0.25, 0.3) is 0 Å². The third kappa shape index (κ3) is 16.2. The molecule has 10 atom stereocenters. The second-order valence-electron chi connectivity index (χ2n) is 21.3. The van der Waals surface area contributed by atoms with Gasteiger partial charge in [-0.05, 0) is 75.7 Å². The Morgan fingerprint density at radius 3 is 2.00 bits per heavy atom. The molecule has 2 heterocycles. The molecule has 2 aromatic rings. The number of hydrogen-bond acceptors (Lipinski definition) is 11. The largest absolute Gasteiger partial charge is 0.444 e. The Hall–Kier alpha value is -4.61. The number of likely N-dealkylation sites (N-methyl/N-ethyl adjacent to an activating group) is 3. The second-order valence-corrected chi connectivity index (χ2v) is 22.2. The van der Waals surface area contributed by atoms with Gasteiger partial charge in [0.2, 0.25) is 29.5 Å². The molecule has 1 aliphatic rings. The van der Waals surface area contributed by atoms with Gasteiger partial charge < -0.3 is 39.5 Å². The summed E-state index contributed by atoms with van der Waals surface area (Å²) in [6, 6.07) is 5.81. The molecule has 16 nitrogen and oxygen atoms in total. The van der Waals surface area contributed by atoms with Gasteiger partial charge in [-0.15, -0.1) is 11.3 Å². The van der Waals surface area contributed by atoms with Gasteiger partial charge in [-0.25, -0.2) is 9.78 Å². The molecule has 6 amide bonds. The zero-order chi connectivity index (χ0) is 52.8. The van der Waals surface area contributed by atoms with E-state index in [0.717, 1.165) is 17.0 Å². The minimum atomic E-state index is -0.987. The Morgan fingerprint density at radius 1 is 0.843 bits per heavy atom. The molecule has 0 saturated carbocycles. The lowest BCUT2D eigenvalue weighted by molar-refractivity contribution is -0.149. The van der Waals surface area contributed by atoms with Crippen LogP contribution in [0.5, 0.6) is 0 Å². The van der Waals surface area contributed by atoms with Crippen LogP contribution in [0.2, 0.25) is 0 Å². The lowest BCUT2D eigenvalue weighted by Gasteiger charge is -2.41. The van der Waals surface area contributed by atoms with Crippen molar-refractivity contribution in [1.82, 2.24) is 35.2 Å². The zero-order valence-electron chi connectivity index (χ0n) is 45.3. The molecule has 1 aromatic carbocycles. The smallest absolute Gasteiger partial charge is 0.410 e. The number of likely N-dealkylation sites (tertiary alicyclic amines) is 1. The van der Waals surface area contributed by atoms with Crippen molar-refractivity contribution < 1.29 is 43.0 Å². The molecule has 17 heteroatoms. The average Bonchev–Trinajstić information content (AvgIpc) is 4.02. The fraction of sp³-hybridized carbons (Fsp3) is 0.717. The summed E-state index contributed by atoms with van der Waals surface area (Å²) in [4.78, 5) is 95.9. The minimum Gasteiger partial charge on any atom is -0.444 e. The zero-order valence-corrected chi connectivity index (χ0v) is 46.1. The van der Waals surface area contributed by atoms with Crippen molar-refractivity contribution in [1.29, 1.82) is 0 Å². The third-order valence-electron chi connectivity index (χ3n) is 13.6. The highest BCUT2D eigenvalue weighted by Crippen LogP contribution is 2.31. The molecule has 1 fully saturated rings. The van der Waals surface area contributed by atoms with Crippen molar-refractivity contribution in [3.05, 3.63) is 52.5 Å². The maximum Gasteiger partial charge on any atom is 0.410 e.